The van der Waals surface area contributed by atoms with Crippen LogP contribution in [0.25, 0.3) is 0 Å². The maximum absolute atomic E-state index is 3.08. The molecule has 0 saturated heterocycles. The molecule has 0 spiro atoms. The monoisotopic (exact) mass is 179 g/mol. The van der Waals surface area contributed by atoms with E-state index in [0.717, 1.165) is 6.42 Å². The Bertz CT molecular complexity index is 178. The summed E-state index contributed by atoms with van der Waals surface area (Å²) in [6.45, 7) is 6.41. The SMILES string of the molecule is CCC.CCc1ccc(NC)cc1. The molecule has 0 aliphatic carbocycles. The quantitative estimate of drug-likeness (QED) is 0.729. The van der Waals surface area contributed by atoms with Crippen molar-refractivity contribution in [2.45, 2.75) is 33.6 Å². The minimum Gasteiger partial charge on any atom is -0.388 e. The first kappa shape index (κ1) is 12.0. The lowest BCUT2D eigenvalue weighted by Crippen LogP contribution is -1.87. The van der Waals surface area contributed by atoms with Gasteiger partial charge < -0.3 is 5.32 Å². The van der Waals surface area contributed by atoms with E-state index in [4.69, 9.17) is 0 Å². The molecule has 0 atom stereocenters. The summed E-state index contributed by atoms with van der Waals surface area (Å²) in [6.07, 6.45) is 2.37. The van der Waals surface area contributed by atoms with Gasteiger partial charge in [-0.2, -0.15) is 0 Å². The standard InChI is InChI=1S/C9H13N.C3H8/c1-3-8-4-6-9(10-2)7-5-8;1-3-2/h4-7,10H,3H2,1-2H3;3H2,1-2H3. The zero-order valence-electron chi connectivity index (χ0n) is 9.22. The number of nitrogens with one attached hydrogen (secondary N) is 1. The van der Waals surface area contributed by atoms with Crippen LogP contribution in [0.5, 0.6) is 0 Å². The van der Waals surface area contributed by atoms with Crippen LogP contribution >= 0.6 is 0 Å². The van der Waals surface area contributed by atoms with Crippen molar-refractivity contribution in [1.82, 2.24) is 0 Å². The third kappa shape index (κ3) is 5.29. The second-order valence-electron chi connectivity index (χ2n) is 3.01. The fraction of sp³-hybridized carbons (Fsp3) is 0.500. The van der Waals surface area contributed by atoms with E-state index in [1.54, 1.807) is 0 Å². The van der Waals surface area contributed by atoms with Crippen LogP contribution in [-0.2, 0) is 6.42 Å². The average Bonchev–Trinajstić information content (AvgIpc) is 2.19. The number of hydrogen-bond donors (Lipinski definition) is 1. The molecule has 0 aliphatic heterocycles. The summed E-state index contributed by atoms with van der Waals surface area (Å²) in [5.74, 6) is 0. The first-order chi connectivity index (χ1) is 6.28. The van der Waals surface area contributed by atoms with Crippen LogP contribution in [0, 0.1) is 0 Å². The van der Waals surface area contributed by atoms with Gasteiger partial charge in [-0.1, -0.05) is 39.3 Å². The lowest BCUT2D eigenvalue weighted by Gasteiger charge is -1.99. The first-order valence-corrected chi connectivity index (χ1v) is 5.05. The highest BCUT2D eigenvalue weighted by Crippen LogP contribution is 2.08. The van der Waals surface area contributed by atoms with Crippen molar-refractivity contribution in [1.29, 1.82) is 0 Å². The molecule has 1 aromatic rings. The smallest absolute Gasteiger partial charge is 0.0337 e. The summed E-state index contributed by atoms with van der Waals surface area (Å²) >= 11 is 0. The minimum atomic E-state index is 1.12. The molecule has 1 aromatic carbocycles. The Morgan fingerprint density at radius 1 is 1.00 bits per heavy atom. The van der Waals surface area contributed by atoms with Gasteiger partial charge in [-0.3, -0.25) is 0 Å². The molecular weight excluding hydrogens is 158 g/mol. The molecule has 1 heteroatoms. The van der Waals surface area contributed by atoms with Crippen molar-refractivity contribution in [3.63, 3.8) is 0 Å². The largest absolute Gasteiger partial charge is 0.388 e. The molecule has 1 N–H and O–H groups in total. The van der Waals surface area contributed by atoms with Crippen LogP contribution in [0.2, 0.25) is 0 Å². The highest BCUT2D eigenvalue weighted by atomic mass is 14.8. The van der Waals surface area contributed by atoms with Crippen molar-refractivity contribution in [2.75, 3.05) is 12.4 Å². The van der Waals surface area contributed by atoms with Crippen LogP contribution in [0.15, 0.2) is 24.3 Å². The maximum atomic E-state index is 3.08. The van der Waals surface area contributed by atoms with Crippen molar-refractivity contribution in [3.05, 3.63) is 29.8 Å². The molecular formula is C12H21N. The number of aryl methyl sites for hydroxylation is 1. The molecule has 0 aromatic heterocycles. The summed E-state index contributed by atoms with van der Waals surface area (Å²) in [5, 5.41) is 3.08. The van der Waals surface area contributed by atoms with Gasteiger partial charge >= 0.3 is 0 Å². The van der Waals surface area contributed by atoms with E-state index in [0.29, 0.717) is 0 Å². The van der Waals surface area contributed by atoms with Crippen LogP contribution < -0.4 is 5.32 Å². The highest BCUT2D eigenvalue weighted by molar-refractivity contribution is 5.43. The van der Waals surface area contributed by atoms with Gasteiger partial charge in [0.05, 0.1) is 0 Å². The molecule has 0 amide bonds. The van der Waals surface area contributed by atoms with Crippen molar-refractivity contribution in [2.24, 2.45) is 0 Å². The van der Waals surface area contributed by atoms with E-state index in [1.807, 2.05) is 7.05 Å². The lowest BCUT2D eigenvalue weighted by molar-refractivity contribution is 1.09. The summed E-state index contributed by atoms with van der Waals surface area (Å²) in [7, 11) is 1.93. The number of hydrogen-bond acceptors (Lipinski definition) is 1. The Hall–Kier alpha value is -0.980. The van der Waals surface area contributed by atoms with Gasteiger partial charge in [0.2, 0.25) is 0 Å². The summed E-state index contributed by atoms with van der Waals surface area (Å²) in [6, 6.07) is 8.48. The molecule has 0 bridgehead atoms. The molecule has 74 valence electrons. The molecule has 0 unspecified atom stereocenters. The summed E-state index contributed by atoms with van der Waals surface area (Å²) in [5.41, 5.74) is 2.57. The molecule has 1 rings (SSSR count). The minimum absolute atomic E-state index is 1.12. The Labute approximate surface area is 82.2 Å². The Balaban J connectivity index is 0.000000424. The third-order valence-electron chi connectivity index (χ3n) is 1.65. The van der Waals surface area contributed by atoms with Crippen LogP contribution in [0.4, 0.5) is 5.69 Å². The molecule has 13 heavy (non-hydrogen) atoms. The Morgan fingerprint density at radius 3 is 1.77 bits per heavy atom. The third-order valence-corrected chi connectivity index (χ3v) is 1.65. The van der Waals surface area contributed by atoms with Gasteiger partial charge in [-0.05, 0) is 24.1 Å². The average molecular weight is 179 g/mol. The van der Waals surface area contributed by atoms with Crippen molar-refractivity contribution in [3.8, 4) is 0 Å². The Morgan fingerprint density at radius 2 is 1.46 bits per heavy atom. The van der Waals surface area contributed by atoms with Gasteiger partial charge in [0.15, 0.2) is 0 Å². The van der Waals surface area contributed by atoms with E-state index in [-0.39, 0.29) is 0 Å². The summed E-state index contributed by atoms with van der Waals surface area (Å²) in [4.78, 5) is 0. The predicted molar refractivity (Wildman–Crippen MR) is 61.3 cm³/mol. The molecule has 0 radical (unpaired) electrons. The lowest BCUT2D eigenvalue weighted by atomic mass is 10.1. The topological polar surface area (TPSA) is 12.0 Å². The second kappa shape index (κ2) is 7.66. The van der Waals surface area contributed by atoms with E-state index in [2.05, 4.69) is 50.4 Å². The van der Waals surface area contributed by atoms with Crippen LogP contribution in [-0.4, -0.2) is 7.05 Å². The van der Waals surface area contributed by atoms with E-state index in [9.17, 15) is 0 Å². The second-order valence-corrected chi connectivity index (χ2v) is 3.01. The maximum Gasteiger partial charge on any atom is 0.0337 e. The molecule has 0 aliphatic rings. The van der Waals surface area contributed by atoms with Gasteiger partial charge in [0.25, 0.3) is 0 Å². The van der Waals surface area contributed by atoms with E-state index >= 15 is 0 Å². The van der Waals surface area contributed by atoms with Gasteiger partial charge in [-0.15, -0.1) is 0 Å². The van der Waals surface area contributed by atoms with Gasteiger partial charge in [0.1, 0.15) is 0 Å². The van der Waals surface area contributed by atoms with E-state index < -0.39 is 0 Å². The number of anilines is 1. The van der Waals surface area contributed by atoms with Gasteiger partial charge in [-0.25, -0.2) is 0 Å². The first-order valence-electron chi connectivity index (χ1n) is 5.05. The molecule has 0 fully saturated rings. The zero-order chi connectivity index (χ0) is 10.1. The molecule has 1 nitrogen and oxygen atoms in total. The number of rotatable bonds is 2. The molecule has 0 saturated carbocycles. The fourth-order valence-electron chi connectivity index (χ4n) is 0.907. The zero-order valence-corrected chi connectivity index (χ0v) is 9.22. The van der Waals surface area contributed by atoms with E-state index in [1.165, 1.54) is 17.7 Å². The summed E-state index contributed by atoms with van der Waals surface area (Å²) < 4.78 is 0. The predicted octanol–water partition coefficient (Wildman–Crippen LogP) is 3.71. The fourth-order valence-corrected chi connectivity index (χ4v) is 0.907. The van der Waals surface area contributed by atoms with Gasteiger partial charge in [0, 0.05) is 12.7 Å². The normalized spacial score (nSPS) is 8.62. The molecule has 0 heterocycles. The van der Waals surface area contributed by atoms with Crippen molar-refractivity contribution < 1.29 is 0 Å². The Kier molecular flexibility index (Phi) is 7.08. The number of benzene rings is 1. The van der Waals surface area contributed by atoms with Crippen LogP contribution in [0.1, 0.15) is 32.8 Å². The van der Waals surface area contributed by atoms with Crippen molar-refractivity contribution >= 4 is 5.69 Å². The highest BCUT2D eigenvalue weighted by Gasteiger charge is 1.87. The van der Waals surface area contributed by atoms with Crippen LogP contribution in [0.3, 0.4) is 0 Å².